The molecule has 0 radical (unpaired) electrons. The first-order valence-electron chi connectivity index (χ1n) is 6.29. The maximum atomic E-state index is 5.89. The van der Waals surface area contributed by atoms with E-state index in [4.69, 9.17) is 11.6 Å². The van der Waals surface area contributed by atoms with E-state index < -0.39 is 0 Å². The molecule has 1 fully saturated rings. The lowest BCUT2D eigenvalue weighted by molar-refractivity contribution is 0.334. The van der Waals surface area contributed by atoms with Gasteiger partial charge < -0.3 is 5.32 Å². The van der Waals surface area contributed by atoms with Crippen molar-refractivity contribution in [1.29, 1.82) is 0 Å². The highest BCUT2D eigenvalue weighted by molar-refractivity contribution is 7.16. The minimum atomic E-state index is 0.893. The number of hydrogen-bond donors (Lipinski definition) is 1. The zero-order valence-corrected chi connectivity index (χ0v) is 11.2. The first-order valence-corrected chi connectivity index (χ1v) is 7.49. The van der Waals surface area contributed by atoms with Gasteiger partial charge in [-0.05, 0) is 31.0 Å². The van der Waals surface area contributed by atoms with Crippen molar-refractivity contribution in [3.05, 3.63) is 21.3 Å². The smallest absolute Gasteiger partial charge is 0.0931 e. The van der Waals surface area contributed by atoms with Crippen molar-refractivity contribution < 1.29 is 0 Å². The Morgan fingerprint density at radius 2 is 2.06 bits per heavy atom. The van der Waals surface area contributed by atoms with Gasteiger partial charge in [-0.3, -0.25) is 0 Å². The summed E-state index contributed by atoms with van der Waals surface area (Å²) in [6, 6.07) is 4.09. The molecule has 2 rings (SSSR count). The predicted molar refractivity (Wildman–Crippen MR) is 72.2 cm³/mol. The average Bonchev–Trinajstić information content (AvgIpc) is 2.72. The number of thiophene rings is 1. The SMILES string of the molecule is Clc1ccc(CNCCC2CCCCC2)s1. The van der Waals surface area contributed by atoms with E-state index in [0.29, 0.717) is 0 Å². The third-order valence-electron chi connectivity index (χ3n) is 3.38. The summed E-state index contributed by atoms with van der Waals surface area (Å²) in [5, 5.41) is 3.51. The van der Waals surface area contributed by atoms with Gasteiger partial charge >= 0.3 is 0 Å². The van der Waals surface area contributed by atoms with E-state index in [1.54, 1.807) is 11.3 Å². The van der Waals surface area contributed by atoms with Gasteiger partial charge in [0, 0.05) is 11.4 Å². The second-order valence-electron chi connectivity index (χ2n) is 4.68. The fourth-order valence-corrected chi connectivity index (χ4v) is 3.50. The molecule has 0 saturated heterocycles. The molecule has 1 aliphatic rings. The van der Waals surface area contributed by atoms with Crippen molar-refractivity contribution in [3.63, 3.8) is 0 Å². The van der Waals surface area contributed by atoms with E-state index in [1.807, 2.05) is 6.07 Å². The predicted octanol–water partition coefficient (Wildman–Crippen LogP) is 4.46. The normalized spacial score (nSPS) is 17.8. The molecule has 0 amide bonds. The highest BCUT2D eigenvalue weighted by Gasteiger charge is 2.12. The molecule has 0 bridgehead atoms. The number of hydrogen-bond acceptors (Lipinski definition) is 2. The van der Waals surface area contributed by atoms with Gasteiger partial charge in [0.2, 0.25) is 0 Å². The number of rotatable bonds is 5. The molecule has 1 saturated carbocycles. The Hall–Kier alpha value is -0.0500. The Bertz CT molecular complexity index is 305. The Kier molecular flexibility index (Phi) is 5.14. The van der Waals surface area contributed by atoms with Crippen LogP contribution < -0.4 is 5.32 Å². The molecule has 1 heterocycles. The first-order chi connectivity index (χ1) is 7.84. The van der Waals surface area contributed by atoms with Crippen LogP contribution in [-0.2, 0) is 6.54 Å². The second-order valence-corrected chi connectivity index (χ2v) is 6.47. The van der Waals surface area contributed by atoms with Crippen LogP contribution in [0.1, 0.15) is 43.4 Å². The third kappa shape index (κ3) is 4.08. The standard InChI is InChI=1S/C13H20ClNS/c14-13-7-6-12(16-13)10-15-9-8-11-4-2-1-3-5-11/h6-7,11,15H,1-5,8-10H2. The monoisotopic (exact) mass is 257 g/mol. The molecular weight excluding hydrogens is 238 g/mol. The van der Waals surface area contributed by atoms with Gasteiger partial charge in [-0.2, -0.15) is 0 Å². The third-order valence-corrected chi connectivity index (χ3v) is 4.61. The molecule has 1 N–H and O–H groups in total. The van der Waals surface area contributed by atoms with Crippen molar-refractivity contribution in [2.75, 3.05) is 6.54 Å². The van der Waals surface area contributed by atoms with Gasteiger partial charge in [-0.1, -0.05) is 43.7 Å². The van der Waals surface area contributed by atoms with E-state index in [1.165, 1.54) is 43.4 Å². The summed E-state index contributed by atoms with van der Waals surface area (Å²) in [6.45, 7) is 2.13. The highest BCUT2D eigenvalue weighted by Crippen LogP contribution is 2.26. The zero-order valence-electron chi connectivity index (χ0n) is 9.68. The molecule has 16 heavy (non-hydrogen) atoms. The van der Waals surface area contributed by atoms with Gasteiger partial charge in [0.05, 0.1) is 4.34 Å². The van der Waals surface area contributed by atoms with Gasteiger partial charge in [0.25, 0.3) is 0 Å². The molecule has 0 atom stereocenters. The molecule has 1 aromatic heterocycles. The quantitative estimate of drug-likeness (QED) is 0.768. The summed E-state index contributed by atoms with van der Waals surface area (Å²) in [7, 11) is 0. The van der Waals surface area contributed by atoms with Crippen LogP contribution in [0.4, 0.5) is 0 Å². The molecule has 1 aliphatic carbocycles. The molecule has 3 heteroatoms. The van der Waals surface area contributed by atoms with Gasteiger partial charge in [0.1, 0.15) is 0 Å². The summed E-state index contributed by atoms with van der Waals surface area (Å²) < 4.78 is 0.893. The Labute approximate surface area is 107 Å². The minimum absolute atomic E-state index is 0.893. The van der Waals surface area contributed by atoms with E-state index in [2.05, 4.69) is 11.4 Å². The molecule has 1 nitrogen and oxygen atoms in total. The first kappa shape index (κ1) is 12.4. The summed E-state index contributed by atoms with van der Waals surface area (Å²) in [5.74, 6) is 0.980. The summed E-state index contributed by atoms with van der Waals surface area (Å²) >= 11 is 7.56. The zero-order chi connectivity index (χ0) is 11.2. The Balaban J connectivity index is 1.57. The summed E-state index contributed by atoms with van der Waals surface area (Å²) in [6.07, 6.45) is 8.60. The number of nitrogens with one attached hydrogen (secondary N) is 1. The molecule has 1 aromatic rings. The fourth-order valence-electron chi connectivity index (χ4n) is 2.44. The van der Waals surface area contributed by atoms with E-state index in [-0.39, 0.29) is 0 Å². The topological polar surface area (TPSA) is 12.0 Å². The van der Waals surface area contributed by atoms with Crippen LogP contribution >= 0.6 is 22.9 Å². The van der Waals surface area contributed by atoms with Crippen molar-refractivity contribution >= 4 is 22.9 Å². The van der Waals surface area contributed by atoms with Crippen LogP contribution in [0.15, 0.2) is 12.1 Å². The molecule has 0 aromatic carbocycles. The van der Waals surface area contributed by atoms with Crippen molar-refractivity contribution in [3.8, 4) is 0 Å². The van der Waals surface area contributed by atoms with E-state index in [9.17, 15) is 0 Å². The summed E-state index contributed by atoms with van der Waals surface area (Å²) in [5.41, 5.74) is 0. The van der Waals surface area contributed by atoms with Crippen LogP contribution in [0.5, 0.6) is 0 Å². The van der Waals surface area contributed by atoms with Crippen molar-refractivity contribution in [1.82, 2.24) is 5.32 Å². The average molecular weight is 258 g/mol. The fraction of sp³-hybridized carbons (Fsp3) is 0.692. The maximum Gasteiger partial charge on any atom is 0.0931 e. The lowest BCUT2D eigenvalue weighted by Crippen LogP contribution is -2.18. The molecule has 0 spiro atoms. The van der Waals surface area contributed by atoms with Crippen molar-refractivity contribution in [2.45, 2.75) is 45.1 Å². The Morgan fingerprint density at radius 1 is 1.25 bits per heavy atom. The number of halogens is 1. The lowest BCUT2D eigenvalue weighted by atomic mass is 9.87. The van der Waals surface area contributed by atoms with Crippen LogP contribution in [0.2, 0.25) is 4.34 Å². The largest absolute Gasteiger partial charge is 0.312 e. The van der Waals surface area contributed by atoms with Gasteiger partial charge in [-0.15, -0.1) is 11.3 Å². The summed E-state index contributed by atoms with van der Waals surface area (Å²) in [4.78, 5) is 1.34. The molecular formula is C13H20ClNS. The molecule has 0 aliphatic heterocycles. The van der Waals surface area contributed by atoms with Crippen LogP contribution in [-0.4, -0.2) is 6.54 Å². The van der Waals surface area contributed by atoms with Crippen LogP contribution in [0, 0.1) is 5.92 Å². The van der Waals surface area contributed by atoms with Gasteiger partial charge in [-0.25, -0.2) is 0 Å². The van der Waals surface area contributed by atoms with Crippen LogP contribution in [0.25, 0.3) is 0 Å². The Morgan fingerprint density at radius 3 is 2.75 bits per heavy atom. The van der Waals surface area contributed by atoms with Crippen LogP contribution in [0.3, 0.4) is 0 Å². The second kappa shape index (κ2) is 6.63. The van der Waals surface area contributed by atoms with E-state index >= 15 is 0 Å². The van der Waals surface area contributed by atoms with Gasteiger partial charge in [0.15, 0.2) is 0 Å². The lowest BCUT2D eigenvalue weighted by Gasteiger charge is -2.21. The molecule has 0 unspecified atom stereocenters. The minimum Gasteiger partial charge on any atom is -0.312 e. The van der Waals surface area contributed by atoms with Crippen molar-refractivity contribution in [2.24, 2.45) is 5.92 Å². The van der Waals surface area contributed by atoms with E-state index in [0.717, 1.165) is 23.3 Å². The highest BCUT2D eigenvalue weighted by atomic mass is 35.5. The maximum absolute atomic E-state index is 5.89. The molecule has 90 valence electrons.